The van der Waals surface area contributed by atoms with Gasteiger partial charge in [0.1, 0.15) is 0 Å². The number of hydrogen-bond donors (Lipinski definition) is 3. The molecule has 150 valence electrons. The average Bonchev–Trinajstić information content (AvgIpc) is 3.59. The second kappa shape index (κ2) is 8.25. The van der Waals surface area contributed by atoms with Gasteiger partial charge in [0.2, 0.25) is 0 Å². The van der Waals surface area contributed by atoms with Crippen molar-refractivity contribution >= 4 is 17.9 Å². The van der Waals surface area contributed by atoms with Gasteiger partial charge in [-0.2, -0.15) is 0 Å². The van der Waals surface area contributed by atoms with E-state index >= 15 is 0 Å². The molecule has 0 radical (unpaired) electrons. The smallest absolute Gasteiger partial charge is 0.250 e. The van der Waals surface area contributed by atoms with Crippen molar-refractivity contribution in [2.45, 2.75) is 43.4 Å². The first-order valence-corrected chi connectivity index (χ1v) is 11.5. The van der Waals surface area contributed by atoms with E-state index in [1.165, 1.54) is 29.5 Å². The van der Waals surface area contributed by atoms with E-state index < -0.39 is 0 Å². The van der Waals surface area contributed by atoms with Gasteiger partial charge >= 0.3 is 0 Å². The molecule has 0 spiro atoms. The Hall–Kier alpha value is -2.24. The Labute approximate surface area is 176 Å². The summed E-state index contributed by atoms with van der Waals surface area (Å²) in [6.45, 7) is 0.544. The molecule has 0 aromatic heterocycles. The van der Waals surface area contributed by atoms with Crippen LogP contribution in [0.15, 0.2) is 65.9 Å². The van der Waals surface area contributed by atoms with E-state index in [2.05, 4.69) is 63.9 Å². The third-order valence-corrected chi connectivity index (χ3v) is 7.33. The number of carbonyl (C=O) groups is 1. The van der Waals surface area contributed by atoms with Crippen molar-refractivity contribution in [3.63, 3.8) is 0 Å². The maximum absolute atomic E-state index is 12.8. The van der Waals surface area contributed by atoms with E-state index in [0.717, 1.165) is 35.8 Å². The van der Waals surface area contributed by atoms with Gasteiger partial charge in [-0.3, -0.25) is 9.52 Å². The molecule has 3 N–H and O–H groups in total. The molecule has 3 aliphatic rings. The summed E-state index contributed by atoms with van der Waals surface area (Å²) in [4.78, 5) is 12.8. The molecule has 5 heteroatoms. The summed E-state index contributed by atoms with van der Waals surface area (Å²) in [7, 11) is 0. The van der Waals surface area contributed by atoms with Crippen LogP contribution >= 0.6 is 11.9 Å². The largest absolute Gasteiger partial charge is 0.371 e. The lowest BCUT2D eigenvalue weighted by Crippen LogP contribution is -2.49. The molecule has 2 aromatic rings. The van der Waals surface area contributed by atoms with Crippen molar-refractivity contribution in [2.24, 2.45) is 5.92 Å². The number of rotatable bonds is 6. The van der Waals surface area contributed by atoms with Crippen LogP contribution in [0.4, 0.5) is 0 Å². The van der Waals surface area contributed by atoms with Gasteiger partial charge in [-0.25, -0.2) is 0 Å². The predicted molar refractivity (Wildman–Crippen MR) is 119 cm³/mol. The maximum atomic E-state index is 12.8. The number of amides is 1. The molecule has 2 aliphatic carbocycles. The van der Waals surface area contributed by atoms with Crippen molar-refractivity contribution in [2.75, 3.05) is 6.67 Å². The molecule has 29 heavy (non-hydrogen) atoms. The zero-order valence-electron chi connectivity index (χ0n) is 16.5. The Morgan fingerprint density at radius 3 is 2.62 bits per heavy atom. The lowest BCUT2D eigenvalue weighted by molar-refractivity contribution is -0.118. The monoisotopic (exact) mass is 405 g/mol. The van der Waals surface area contributed by atoms with E-state index in [-0.39, 0.29) is 11.8 Å². The lowest BCUT2D eigenvalue weighted by atomic mass is 9.77. The van der Waals surface area contributed by atoms with E-state index in [0.29, 0.717) is 12.7 Å². The van der Waals surface area contributed by atoms with Gasteiger partial charge in [0.25, 0.3) is 5.91 Å². The standard InChI is InChI=1S/C24H27N3OS/c28-24-23-20(14-16-5-4-8-18(13-16)17-6-2-1-3-7-17)21(27-29-19-9-10-19)11-12-22(23)25-15-26-24/h1-8,13,19-21,25,27H,9-12,14-15H2,(H,26,28). The van der Waals surface area contributed by atoms with Gasteiger partial charge in [-0.15, -0.1) is 0 Å². The molecule has 1 saturated carbocycles. The van der Waals surface area contributed by atoms with Crippen LogP contribution in [0.5, 0.6) is 0 Å². The Morgan fingerprint density at radius 2 is 1.79 bits per heavy atom. The first-order chi connectivity index (χ1) is 14.3. The highest BCUT2D eigenvalue weighted by Crippen LogP contribution is 2.38. The molecule has 4 nitrogen and oxygen atoms in total. The van der Waals surface area contributed by atoms with Gasteiger partial charge in [-0.05, 0) is 48.8 Å². The highest BCUT2D eigenvalue weighted by Gasteiger charge is 2.37. The summed E-state index contributed by atoms with van der Waals surface area (Å²) in [6, 6.07) is 19.6. The normalized spacial score (nSPS) is 23.9. The number of hydrogen-bond acceptors (Lipinski definition) is 4. The summed E-state index contributed by atoms with van der Waals surface area (Å²) in [5.41, 5.74) is 5.85. The fourth-order valence-electron chi connectivity index (χ4n) is 4.39. The summed E-state index contributed by atoms with van der Waals surface area (Å²) >= 11 is 1.88. The first-order valence-electron chi connectivity index (χ1n) is 10.6. The van der Waals surface area contributed by atoms with Crippen LogP contribution in [0, 0.1) is 5.92 Å². The van der Waals surface area contributed by atoms with Gasteiger partial charge in [0, 0.05) is 28.5 Å². The van der Waals surface area contributed by atoms with Crippen molar-refractivity contribution in [3.8, 4) is 11.1 Å². The fraction of sp³-hybridized carbons (Fsp3) is 0.375. The van der Waals surface area contributed by atoms with Crippen LogP contribution in [-0.2, 0) is 11.2 Å². The minimum absolute atomic E-state index is 0.103. The number of benzene rings is 2. The summed E-state index contributed by atoms with van der Waals surface area (Å²) in [5.74, 6) is 0.287. The Bertz CT molecular complexity index is 923. The van der Waals surface area contributed by atoms with Crippen molar-refractivity contribution in [1.29, 1.82) is 0 Å². The Balaban J connectivity index is 1.43. The Kier molecular flexibility index (Phi) is 5.34. The van der Waals surface area contributed by atoms with Crippen LogP contribution in [0.2, 0.25) is 0 Å². The predicted octanol–water partition coefficient (Wildman–Crippen LogP) is 4.01. The fourth-order valence-corrected chi connectivity index (χ4v) is 5.41. The van der Waals surface area contributed by atoms with Crippen molar-refractivity contribution < 1.29 is 4.79 Å². The average molecular weight is 406 g/mol. The molecule has 2 aromatic carbocycles. The van der Waals surface area contributed by atoms with Crippen LogP contribution in [0.1, 0.15) is 31.2 Å². The molecule has 1 heterocycles. The minimum atomic E-state index is 0.103. The molecule has 2 atom stereocenters. The van der Waals surface area contributed by atoms with E-state index in [4.69, 9.17) is 0 Å². The third-order valence-electron chi connectivity index (χ3n) is 6.08. The summed E-state index contributed by atoms with van der Waals surface area (Å²) in [5, 5.41) is 7.16. The molecule has 1 fully saturated rings. The van der Waals surface area contributed by atoms with Crippen LogP contribution in [0.3, 0.4) is 0 Å². The quantitative estimate of drug-likeness (QED) is 0.636. The molecular weight excluding hydrogens is 378 g/mol. The molecule has 5 rings (SSSR count). The van der Waals surface area contributed by atoms with Gasteiger partial charge in [0.05, 0.1) is 6.67 Å². The zero-order valence-corrected chi connectivity index (χ0v) is 17.3. The second-order valence-corrected chi connectivity index (χ2v) is 9.35. The van der Waals surface area contributed by atoms with E-state index in [1.807, 2.05) is 18.0 Å². The van der Waals surface area contributed by atoms with E-state index in [9.17, 15) is 4.79 Å². The van der Waals surface area contributed by atoms with Gasteiger partial charge in [0.15, 0.2) is 0 Å². The molecule has 2 unspecified atom stereocenters. The minimum Gasteiger partial charge on any atom is -0.371 e. The van der Waals surface area contributed by atoms with Crippen LogP contribution < -0.4 is 15.4 Å². The molecule has 1 aliphatic heterocycles. The highest BCUT2D eigenvalue weighted by atomic mass is 32.2. The number of allylic oxidation sites excluding steroid dienone is 1. The molecule has 1 amide bonds. The van der Waals surface area contributed by atoms with Gasteiger partial charge < -0.3 is 10.6 Å². The molecule has 0 bridgehead atoms. The van der Waals surface area contributed by atoms with Crippen molar-refractivity contribution in [1.82, 2.24) is 15.4 Å². The SMILES string of the molecule is O=C1NCNC2=C1C(Cc1cccc(-c3ccccc3)c1)C(NSC1CC1)CC2. The van der Waals surface area contributed by atoms with Gasteiger partial charge in [-0.1, -0.05) is 66.5 Å². The summed E-state index contributed by atoms with van der Waals surface area (Å²) < 4.78 is 3.73. The molecule has 0 saturated heterocycles. The second-order valence-electron chi connectivity index (χ2n) is 8.21. The van der Waals surface area contributed by atoms with Crippen LogP contribution in [-0.4, -0.2) is 23.9 Å². The molecular formula is C24H27N3OS. The number of nitrogens with one attached hydrogen (secondary N) is 3. The topological polar surface area (TPSA) is 53.2 Å². The number of carbonyl (C=O) groups excluding carboxylic acids is 1. The highest BCUT2D eigenvalue weighted by molar-refractivity contribution is 7.98. The maximum Gasteiger partial charge on any atom is 0.250 e. The van der Waals surface area contributed by atoms with Crippen LogP contribution in [0.25, 0.3) is 11.1 Å². The first kappa shape index (κ1) is 18.8. The lowest BCUT2D eigenvalue weighted by Gasteiger charge is -2.38. The third kappa shape index (κ3) is 4.21. The zero-order chi connectivity index (χ0) is 19.6. The van der Waals surface area contributed by atoms with Crippen molar-refractivity contribution in [3.05, 3.63) is 71.4 Å². The van der Waals surface area contributed by atoms with E-state index in [1.54, 1.807) is 0 Å². The Morgan fingerprint density at radius 1 is 0.966 bits per heavy atom. The summed E-state index contributed by atoms with van der Waals surface area (Å²) in [6.07, 6.45) is 5.51.